The van der Waals surface area contributed by atoms with Crippen molar-refractivity contribution < 1.29 is 0 Å². The summed E-state index contributed by atoms with van der Waals surface area (Å²) in [5.41, 5.74) is 0. The summed E-state index contributed by atoms with van der Waals surface area (Å²) in [7, 11) is 0. The number of hydrogen-bond donors (Lipinski definition) is 1. The Morgan fingerprint density at radius 2 is 2.06 bits per heavy atom. The molecule has 16 heavy (non-hydrogen) atoms. The van der Waals surface area contributed by atoms with Crippen molar-refractivity contribution in [2.75, 3.05) is 13.1 Å². The summed E-state index contributed by atoms with van der Waals surface area (Å²) in [5.74, 6) is 0.943. The lowest BCUT2D eigenvalue weighted by Gasteiger charge is -2.24. The van der Waals surface area contributed by atoms with E-state index >= 15 is 0 Å². The van der Waals surface area contributed by atoms with E-state index in [2.05, 4.69) is 17.1 Å². The third-order valence-corrected chi connectivity index (χ3v) is 4.11. The second-order valence-electron chi connectivity index (χ2n) is 5.30. The largest absolute Gasteiger partial charge is 0.360 e. The molecule has 0 aromatic carbocycles. The average molecular weight is 240 g/mol. The van der Waals surface area contributed by atoms with E-state index < -0.39 is 0 Å². The van der Waals surface area contributed by atoms with Crippen molar-refractivity contribution in [3.8, 4) is 0 Å². The van der Waals surface area contributed by atoms with Crippen molar-refractivity contribution in [3.63, 3.8) is 0 Å². The minimum absolute atomic E-state index is 0.696. The molecule has 92 valence electrons. The molecule has 0 amide bonds. The number of rotatable bonds is 3. The highest BCUT2D eigenvalue weighted by Gasteiger charge is 2.25. The van der Waals surface area contributed by atoms with Crippen LogP contribution in [0.25, 0.3) is 0 Å². The number of nitrogens with zero attached hydrogens (tertiary/aromatic N) is 1. The van der Waals surface area contributed by atoms with Crippen LogP contribution >= 0.6 is 12.2 Å². The van der Waals surface area contributed by atoms with Gasteiger partial charge in [-0.15, -0.1) is 0 Å². The predicted octanol–water partition coefficient (Wildman–Crippen LogP) is 2.93. The van der Waals surface area contributed by atoms with Crippen LogP contribution in [-0.2, 0) is 0 Å². The third-order valence-electron chi connectivity index (χ3n) is 3.74. The van der Waals surface area contributed by atoms with E-state index in [1.54, 1.807) is 0 Å². The fraction of sp³-hybridized carbons (Fsp3) is 0.923. The zero-order valence-corrected chi connectivity index (χ0v) is 11.2. The minimum Gasteiger partial charge on any atom is -0.360 e. The molecule has 3 heteroatoms. The van der Waals surface area contributed by atoms with Gasteiger partial charge in [0.15, 0.2) is 5.11 Å². The maximum absolute atomic E-state index is 5.47. The maximum Gasteiger partial charge on any atom is 0.169 e. The summed E-state index contributed by atoms with van der Waals surface area (Å²) in [5, 5.41) is 4.47. The van der Waals surface area contributed by atoms with Gasteiger partial charge in [-0.05, 0) is 50.2 Å². The maximum atomic E-state index is 5.47. The van der Waals surface area contributed by atoms with Gasteiger partial charge in [-0.3, -0.25) is 0 Å². The van der Waals surface area contributed by atoms with E-state index in [0.29, 0.717) is 6.04 Å². The molecule has 2 rings (SSSR count). The van der Waals surface area contributed by atoms with Crippen LogP contribution in [0.4, 0.5) is 0 Å². The monoisotopic (exact) mass is 240 g/mol. The van der Waals surface area contributed by atoms with Crippen LogP contribution in [0.3, 0.4) is 0 Å². The predicted molar refractivity (Wildman–Crippen MR) is 72.6 cm³/mol. The molecule has 0 aromatic heterocycles. The first kappa shape index (κ1) is 12.2. The van der Waals surface area contributed by atoms with Gasteiger partial charge in [0, 0.05) is 19.1 Å². The Balaban J connectivity index is 1.75. The van der Waals surface area contributed by atoms with Gasteiger partial charge >= 0.3 is 0 Å². The molecular weight excluding hydrogens is 216 g/mol. The normalized spacial score (nSPS) is 26.3. The molecule has 1 unspecified atom stereocenters. The smallest absolute Gasteiger partial charge is 0.169 e. The summed E-state index contributed by atoms with van der Waals surface area (Å²) >= 11 is 5.47. The molecule has 1 atom stereocenters. The molecular formula is C13H24N2S. The Kier molecular flexibility index (Phi) is 4.45. The van der Waals surface area contributed by atoms with E-state index in [4.69, 9.17) is 12.2 Å². The molecule has 2 nitrogen and oxygen atoms in total. The van der Waals surface area contributed by atoms with Gasteiger partial charge in [-0.25, -0.2) is 0 Å². The van der Waals surface area contributed by atoms with Crippen molar-refractivity contribution in [2.45, 2.75) is 57.9 Å². The van der Waals surface area contributed by atoms with E-state index in [-0.39, 0.29) is 0 Å². The van der Waals surface area contributed by atoms with Crippen LogP contribution in [0.1, 0.15) is 51.9 Å². The van der Waals surface area contributed by atoms with Crippen LogP contribution in [0.15, 0.2) is 0 Å². The first-order valence-electron chi connectivity index (χ1n) is 6.85. The molecule has 0 bridgehead atoms. The van der Waals surface area contributed by atoms with E-state index in [1.807, 2.05) is 0 Å². The standard InChI is InChI=1S/C13H24N2S/c1-2-4-11-5-3-9-15(10-8-11)13(16)14-12-6-7-12/h11-12H,2-10H2,1H3,(H,14,16). The lowest BCUT2D eigenvalue weighted by molar-refractivity contribution is 0.398. The second-order valence-corrected chi connectivity index (χ2v) is 5.68. The molecule has 0 aromatic rings. The lowest BCUT2D eigenvalue weighted by Crippen LogP contribution is -2.41. The van der Waals surface area contributed by atoms with Crippen molar-refractivity contribution in [3.05, 3.63) is 0 Å². The molecule has 1 N–H and O–H groups in total. The summed E-state index contributed by atoms with van der Waals surface area (Å²) < 4.78 is 0. The molecule has 1 heterocycles. The fourth-order valence-corrected chi connectivity index (χ4v) is 2.91. The second kappa shape index (κ2) is 5.85. The van der Waals surface area contributed by atoms with Crippen LogP contribution in [-0.4, -0.2) is 29.1 Å². The van der Waals surface area contributed by atoms with E-state index in [1.165, 1.54) is 58.0 Å². The van der Waals surface area contributed by atoms with Crippen LogP contribution in [0.5, 0.6) is 0 Å². The number of likely N-dealkylation sites (tertiary alicyclic amines) is 1. The molecule has 1 saturated carbocycles. The molecule has 2 fully saturated rings. The molecule has 1 aliphatic heterocycles. The highest BCUT2D eigenvalue weighted by atomic mass is 32.1. The van der Waals surface area contributed by atoms with Crippen molar-refractivity contribution in [2.24, 2.45) is 5.92 Å². The zero-order chi connectivity index (χ0) is 11.4. The average Bonchev–Trinajstić information content (AvgIpc) is 3.05. The summed E-state index contributed by atoms with van der Waals surface area (Å²) in [4.78, 5) is 2.39. The van der Waals surface area contributed by atoms with Gasteiger partial charge in [-0.1, -0.05) is 19.8 Å². The molecule has 0 spiro atoms. The summed E-state index contributed by atoms with van der Waals surface area (Å²) in [6, 6.07) is 0.696. The molecule has 1 saturated heterocycles. The van der Waals surface area contributed by atoms with Crippen LogP contribution in [0.2, 0.25) is 0 Å². The fourth-order valence-electron chi connectivity index (χ4n) is 2.56. The molecule has 2 aliphatic rings. The van der Waals surface area contributed by atoms with Crippen LogP contribution in [0, 0.1) is 5.92 Å². The van der Waals surface area contributed by atoms with E-state index in [0.717, 1.165) is 11.0 Å². The summed E-state index contributed by atoms with van der Waals surface area (Å²) in [6.07, 6.45) is 9.40. The van der Waals surface area contributed by atoms with Gasteiger partial charge < -0.3 is 10.2 Å². The van der Waals surface area contributed by atoms with Gasteiger partial charge in [0.25, 0.3) is 0 Å². The van der Waals surface area contributed by atoms with Crippen molar-refractivity contribution in [1.82, 2.24) is 10.2 Å². The Morgan fingerprint density at radius 1 is 1.25 bits per heavy atom. The SMILES string of the molecule is CCCC1CCCN(C(=S)NC2CC2)CC1. The third kappa shape index (κ3) is 3.62. The minimum atomic E-state index is 0.696. The van der Waals surface area contributed by atoms with Crippen molar-refractivity contribution >= 4 is 17.3 Å². The van der Waals surface area contributed by atoms with Crippen molar-refractivity contribution in [1.29, 1.82) is 0 Å². The molecule has 0 radical (unpaired) electrons. The van der Waals surface area contributed by atoms with E-state index in [9.17, 15) is 0 Å². The number of hydrogen-bond acceptors (Lipinski definition) is 1. The Labute approximate surface area is 105 Å². The zero-order valence-electron chi connectivity index (χ0n) is 10.4. The lowest BCUT2D eigenvalue weighted by atomic mass is 9.96. The quantitative estimate of drug-likeness (QED) is 0.764. The Bertz CT molecular complexity index is 238. The number of thiocarbonyl (C=S) groups is 1. The Morgan fingerprint density at radius 3 is 2.75 bits per heavy atom. The van der Waals surface area contributed by atoms with Gasteiger partial charge in [0.2, 0.25) is 0 Å². The summed E-state index contributed by atoms with van der Waals surface area (Å²) in [6.45, 7) is 4.63. The Hall–Kier alpha value is -0.310. The van der Waals surface area contributed by atoms with Gasteiger partial charge in [0.1, 0.15) is 0 Å². The highest BCUT2D eigenvalue weighted by Crippen LogP contribution is 2.23. The molecule has 1 aliphatic carbocycles. The van der Waals surface area contributed by atoms with Gasteiger partial charge in [-0.2, -0.15) is 0 Å². The first-order valence-corrected chi connectivity index (χ1v) is 7.26. The van der Waals surface area contributed by atoms with Crippen LogP contribution < -0.4 is 5.32 Å². The highest BCUT2D eigenvalue weighted by molar-refractivity contribution is 7.80. The first-order chi connectivity index (χ1) is 7.79. The topological polar surface area (TPSA) is 15.3 Å². The number of nitrogens with one attached hydrogen (secondary N) is 1. The van der Waals surface area contributed by atoms with Gasteiger partial charge in [0.05, 0.1) is 0 Å².